The molecule has 1 atom stereocenters. The lowest BCUT2D eigenvalue weighted by Crippen LogP contribution is -1.99. The minimum Gasteiger partial charge on any atom is -0.496 e. The number of para-hydroxylation sites is 3. The average molecular weight is 288 g/mol. The second-order valence-electron chi connectivity index (χ2n) is 4.49. The van der Waals surface area contributed by atoms with Crippen molar-refractivity contribution in [3.8, 4) is 5.75 Å². The van der Waals surface area contributed by atoms with Crippen LogP contribution < -0.4 is 4.74 Å². The van der Waals surface area contributed by atoms with Crippen molar-refractivity contribution >= 4 is 22.7 Å². The highest BCUT2D eigenvalue weighted by molar-refractivity contribution is 6.21. The molecule has 3 rings (SSSR count). The zero-order chi connectivity index (χ0) is 13.9. The number of hydrogen-bond donors (Lipinski definition) is 0. The number of alkyl halides is 1. The summed E-state index contributed by atoms with van der Waals surface area (Å²) < 4.78 is 11.0. The lowest BCUT2D eigenvalue weighted by molar-refractivity contribution is 0.408. The SMILES string of the molecule is COc1ccccc1C(Cl)Cc1nc2ccccc2o1. The lowest BCUT2D eigenvalue weighted by Gasteiger charge is -2.12. The Labute approximate surface area is 122 Å². The van der Waals surface area contributed by atoms with Crippen molar-refractivity contribution in [1.29, 1.82) is 0 Å². The molecule has 0 saturated heterocycles. The van der Waals surface area contributed by atoms with Crippen molar-refractivity contribution < 1.29 is 9.15 Å². The highest BCUT2D eigenvalue weighted by Crippen LogP contribution is 2.32. The summed E-state index contributed by atoms with van der Waals surface area (Å²) in [5, 5.41) is -0.237. The summed E-state index contributed by atoms with van der Waals surface area (Å²) in [6, 6.07) is 15.4. The topological polar surface area (TPSA) is 35.3 Å². The Morgan fingerprint density at radius 2 is 1.90 bits per heavy atom. The Bertz CT molecular complexity index is 690. The molecule has 0 N–H and O–H groups in total. The Kier molecular flexibility index (Phi) is 3.61. The fourth-order valence-electron chi connectivity index (χ4n) is 2.20. The summed E-state index contributed by atoms with van der Waals surface area (Å²) in [5.74, 6) is 1.42. The molecule has 20 heavy (non-hydrogen) atoms. The summed E-state index contributed by atoms with van der Waals surface area (Å²) in [5.41, 5.74) is 2.58. The Balaban J connectivity index is 1.86. The number of methoxy groups -OCH3 is 1. The van der Waals surface area contributed by atoms with Crippen molar-refractivity contribution in [3.63, 3.8) is 0 Å². The Morgan fingerprint density at radius 3 is 2.70 bits per heavy atom. The van der Waals surface area contributed by atoms with Crippen molar-refractivity contribution in [2.75, 3.05) is 7.11 Å². The third-order valence-corrected chi connectivity index (χ3v) is 3.56. The molecule has 0 saturated carbocycles. The predicted octanol–water partition coefficient (Wildman–Crippen LogP) is 4.36. The van der Waals surface area contributed by atoms with Gasteiger partial charge in [0, 0.05) is 12.0 Å². The van der Waals surface area contributed by atoms with E-state index in [2.05, 4.69) is 4.98 Å². The molecule has 102 valence electrons. The standard InChI is InChI=1S/C16H14ClNO2/c1-19-14-8-4-2-6-11(14)12(17)10-16-18-13-7-3-5-9-15(13)20-16/h2-9,12H,10H2,1H3. The predicted molar refractivity (Wildman–Crippen MR) is 79.3 cm³/mol. The molecule has 0 aliphatic rings. The zero-order valence-electron chi connectivity index (χ0n) is 11.0. The molecule has 1 unspecified atom stereocenters. The van der Waals surface area contributed by atoms with Gasteiger partial charge in [0.25, 0.3) is 0 Å². The number of hydrogen-bond acceptors (Lipinski definition) is 3. The van der Waals surface area contributed by atoms with Crippen molar-refractivity contribution in [1.82, 2.24) is 4.98 Å². The first-order chi connectivity index (χ1) is 9.78. The number of halogens is 1. The van der Waals surface area contributed by atoms with Gasteiger partial charge in [0.1, 0.15) is 11.3 Å². The van der Waals surface area contributed by atoms with E-state index in [0.717, 1.165) is 22.4 Å². The van der Waals surface area contributed by atoms with Gasteiger partial charge in [-0.2, -0.15) is 0 Å². The monoisotopic (exact) mass is 287 g/mol. The third kappa shape index (κ3) is 2.49. The number of oxazole rings is 1. The molecule has 0 aliphatic heterocycles. The van der Waals surface area contributed by atoms with E-state index in [1.165, 1.54) is 0 Å². The second-order valence-corrected chi connectivity index (χ2v) is 5.02. The first-order valence-electron chi connectivity index (χ1n) is 6.39. The summed E-state index contributed by atoms with van der Waals surface area (Å²) in [7, 11) is 1.64. The van der Waals surface area contributed by atoms with E-state index < -0.39 is 0 Å². The van der Waals surface area contributed by atoms with Gasteiger partial charge in [0.05, 0.1) is 12.5 Å². The maximum atomic E-state index is 6.47. The fraction of sp³-hybridized carbons (Fsp3) is 0.188. The van der Waals surface area contributed by atoms with E-state index in [1.54, 1.807) is 7.11 Å². The molecule has 3 aromatic rings. The molecule has 0 spiro atoms. The molecule has 1 heterocycles. The van der Waals surface area contributed by atoms with Gasteiger partial charge in [-0.3, -0.25) is 0 Å². The van der Waals surface area contributed by atoms with Gasteiger partial charge in [0.2, 0.25) is 0 Å². The Hall–Kier alpha value is -2.00. The van der Waals surface area contributed by atoms with Crippen molar-refractivity contribution in [2.45, 2.75) is 11.8 Å². The number of rotatable bonds is 4. The minimum absolute atomic E-state index is 0.237. The quantitative estimate of drug-likeness (QED) is 0.669. The normalized spacial score (nSPS) is 12.5. The van der Waals surface area contributed by atoms with Gasteiger partial charge in [-0.05, 0) is 18.2 Å². The van der Waals surface area contributed by atoms with E-state index in [9.17, 15) is 0 Å². The molecule has 0 bridgehead atoms. The van der Waals surface area contributed by atoms with Crippen LogP contribution in [-0.4, -0.2) is 12.1 Å². The largest absolute Gasteiger partial charge is 0.496 e. The number of ether oxygens (including phenoxy) is 1. The molecule has 0 radical (unpaired) electrons. The van der Waals surface area contributed by atoms with Crippen LogP contribution in [-0.2, 0) is 6.42 Å². The summed E-state index contributed by atoms with van der Waals surface area (Å²) in [4.78, 5) is 4.44. The first-order valence-corrected chi connectivity index (χ1v) is 6.83. The molecular weight excluding hydrogens is 274 g/mol. The van der Waals surface area contributed by atoms with Gasteiger partial charge in [-0.15, -0.1) is 11.6 Å². The van der Waals surface area contributed by atoms with Crippen LogP contribution in [0.25, 0.3) is 11.1 Å². The van der Waals surface area contributed by atoms with Gasteiger partial charge in [-0.1, -0.05) is 30.3 Å². The van der Waals surface area contributed by atoms with Crippen LogP contribution in [0.5, 0.6) is 5.75 Å². The summed E-state index contributed by atoms with van der Waals surface area (Å²) in [6.07, 6.45) is 0.524. The third-order valence-electron chi connectivity index (χ3n) is 3.17. The van der Waals surface area contributed by atoms with E-state index in [4.69, 9.17) is 20.8 Å². The second kappa shape index (κ2) is 5.55. The van der Waals surface area contributed by atoms with Crippen LogP contribution in [0.4, 0.5) is 0 Å². The molecule has 1 aromatic heterocycles. The van der Waals surface area contributed by atoms with E-state index in [0.29, 0.717) is 12.3 Å². The molecule has 2 aromatic carbocycles. The van der Waals surface area contributed by atoms with Crippen LogP contribution in [0, 0.1) is 0 Å². The summed E-state index contributed by atoms with van der Waals surface area (Å²) >= 11 is 6.47. The van der Waals surface area contributed by atoms with Gasteiger partial charge in [0.15, 0.2) is 11.5 Å². The smallest absolute Gasteiger partial charge is 0.197 e. The fourth-order valence-corrected chi connectivity index (χ4v) is 2.51. The van der Waals surface area contributed by atoms with E-state index in [-0.39, 0.29) is 5.38 Å². The molecule has 4 heteroatoms. The Morgan fingerprint density at radius 1 is 1.15 bits per heavy atom. The number of aromatic nitrogens is 1. The maximum Gasteiger partial charge on any atom is 0.197 e. The molecule has 3 nitrogen and oxygen atoms in total. The molecule has 0 aliphatic carbocycles. The zero-order valence-corrected chi connectivity index (χ0v) is 11.8. The van der Waals surface area contributed by atoms with Crippen LogP contribution >= 0.6 is 11.6 Å². The number of benzene rings is 2. The summed E-state index contributed by atoms with van der Waals surface area (Å²) in [6.45, 7) is 0. The maximum absolute atomic E-state index is 6.47. The van der Waals surface area contributed by atoms with Crippen molar-refractivity contribution in [2.24, 2.45) is 0 Å². The number of fused-ring (bicyclic) bond motifs is 1. The average Bonchev–Trinajstić information content (AvgIpc) is 2.89. The highest BCUT2D eigenvalue weighted by Gasteiger charge is 2.17. The van der Waals surface area contributed by atoms with Crippen LogP contribution in [0.2, 0.25) is 0 Å². The van der Waals surface area contributed by atoms with Crippen LogP contribution in [0.15, 0.2) is 52.9 Å². The van der Waals surface area contributed by atoms with E-state index in [1.807, 2.05) is 48.5 Å². The van der Waals surface area contributed by atoms with Crippen LogP contribution in [0.1, 0.15) is 16.8 Å². The molecule has 0 amide bonds. The van der Waals surface area contributed by atoms with Gasteiger partial charge in [-0.25, -0.2) is 4.98 Å². The highest BCUT2D eigenvalue weighted by atomic mass is 35.5. The van der Waals surface area contributed by atoms with Gasteiger partial charge >= 0.3 is 0 Å². The van der Waals surface area contributed by atoms with Crippen LogP contribution in [0.3, 0.4) is 0 Å². The number of nitrogens with zero attached hydrogens (tertiary/aromatic N) is 1. The van der Waals surface area contributed by atoms with Gasteiger partial charge < -0.3 is 9.15 Å². The van der Waals surface area contributed by atoms with E-state index >= 15 is 0 Å². The molecular formula is C16H14ClNO2. The molecule has 0 fully saturated rings. The van der Waals surface area contributed by atoms with Crippen molar-refractivity contribution in [3.05, 3.63) is 60.0 Å². The first kappa shape index (κ1) is 13.0. The lowest BCUT2D eigenvalue weighted by atomic mass is 10.1. The minimum atomic E-state index is -0.237.